The zero-order valence-electron chi connectivity index (χ0n) is 10.7. The third-order valence-corrected chi connectivity index (χ3v) is 3.84. The van der Waals surface area contributed by atoms with Crippen LogP contribution in [0.2, 0.25) is 0 Å². The molecular formula is C14H18N2O3. The Hall–Kier alpha value is -1.75. The van der Waals surface area contributed by atoms with E-state index in [-0.39, 0.29) is 29.0 Å². The summed E-state index contributed by atoms with van der Waals surface area (Å²) >= 11 is 0. The first kappa shape index (κ1) is 12.3. The summed E-state index contributed by atoms with van der Waals surface area (Å²) < 4.78 is 0. The number of likely N-dealkylation sites (tertiary alicyclic amines) is 1. The Morgan fingerprint density at radius 2 is 2.05 bits per heavy atom. The van der Waals surface area contributed by atoms with E-state index in [1.54, 1.807) is 0 Å². The van der Waals surface area contributed by atoms with Gasteiger partial charge in [0.15, 0.2) is 0 Å². The van der Waals surface area contributed by atoms with Crippen LogP contribution in [0.1, 0.15) is 29.6 Å². The molecule has 0 bridgehead atoms. The molecule has 5 heteroatoms. The minimum Gasteiger partial charge on any atom is -0.508 e. The molecule has 5 nitrogen and oxygen atoms in total. The Kier molecular flexibility index (Phi) is 3.06. The van der Waals surface area contributed by atoms with E-state index in [2.05, 4.69) is 10.2 Å². The quantitative estimate of drug-likeness (QED) is 0.712. The second-order valence-electron chi connectivity index (χ2n) is 5.39. The third-order valence-electron chi connectivity index (χ3n) is 3.84. The van der Waals surface area contributed by atoms with Crippen molar-refractivity contribution in [3.05, 3.63) is 23.8 Å². The Balaban J connectivity index is 1.63. The van der Waals surface area contributed by atoms with Gasteiger partial charge in [0.05, 0.1) is 5.56 Å². The van der Waals surface area contributed by atoms with E-state index in [1.165, 1.54) is 31.0 Å². The molecule has 1 unspecified atom stereocenters. The maximum Gasteiger partial charge on any atom is 0.255 e. The predicted molar refractivity (Wildman–Crippen MR) is 70.2 cm³/mol. The number of nitrogens with one attached hydrogen (secondary N) is 1. The Morgan fingerprint density at radius 3 is 2.79 bits per heavy atom. The largest absolute Gasteiger partial charge is 0.508 e. The highest BCUT2D eigenvalue weighted by molar-refractivity contribution is 5.97. The van der Waals surface area contributed by atoms with E-state index >= 15 is 0 Å². The molecule has 3 N–H and O–H groups in total. The van der Waals surface area contributed by atoms with E-state index in [0.29, 0.717) is 0 Å². The van der Waals surface area contributed by atoms with Crippen LogP contribution >= 0.6 is 0 Å². The number of amides is 1. The summed E-state index contributed by atoms with van der Waals surface area (Å²) in [5.74, 6) is -0.447. The molecule has 1 aromatic rings. The van der Waals surface area contributed by atoms with E-state index in [0.717, 1.165) is 25.6 Å². The molecule has 1 amide bonds. The first-order chi connectivity index (χ1) is 9.13. The summed E-state index contributed by atoms with van der Waals surface area (Å²) in [4.78, 5) is 14.5. The fourth-order valence-electron chi connectivity index (χ4n) is 2.65. The van der Waals surface area contributed by atoms with Crippen LogP contribution in [0.3, 0.4) is 0 Å². The first-order valence-electron chi connectivity index (χ1n) is 6.70. The molecule has 1 aliphatic heterocycles. The molecule has 2 aliphatic rings. The number of carbonyl (C=O) groups is 1. The number of phenolic OH excluding ortho intramolecular Hbond substituents is 2. The van der Waals surface area contributed by atoms with Crippen molar-refractivity contribution in [2.45, 2.75) is 31.3 Å². The van der Waals surface area contributed by atoms with Crippen LogP contribution in [-0.4, -0.2) is 46.2 Å². The van der Waals surface area contributed by atoms with Crippen LogP contribution in [0.25, 0.3) is 0 Å². The highest BCUT2D eigenvalue weighted by Gasteiger charge is 2.34. The summed E-state index contributed by atoms with van der Waals surface area (Å²) in [5, 5.41) is 21.9. The molecule has 19 heavy (non-hydrogen) atoms. The van der Waals surface area contributed by atoms with Gasteiger partial charge in [0, 0.05) is 25.2 Å². The van der Waals surface area contributed by atoms with Gasteiger partial charge in [0.1, 0.15) is 11.5 Å². The number of aromatic hydroxyl groups is 2. The van der Waals surface area contributed by atoms with Gasteiger partial charge in [-0.15, -0.1) is 0 Å². The average molecular weight is 262 g/mol. The van der Waals surface area contributed by atoms with Crippen LogP contribution in [0.15, 0.2) is 18.2 Å². The van der Waals surface area contributed by atoms with Gasteiger partial charge in [-0.05, 0) is 37.5 Å². The van der Waals surface area contributed by atoms with Crippen LogP contribution in [0.4, 0.5) is 0 Å². The summed E-state index contributed by atoms with van der Waals surface area (Å²) in [6, 6.07) is 4.83. The van der Waals surface area contributed by atoms with Gasteiger partial charge in [-0.3, -0.25) is 9.69 Å². The maximum atomic E-state index is 12.1. The van der Waals surface area contributed by atoms with Crippen molar-refractivity contribution >= 4 is 5.91 Å². The molecule has 0 radical (unpaired) electrons. The lowest BCUT2D eigenvalue weighted by Gasteiger charge is -2.16. The molecule has 3 rings (SSSR count). The molecule has 1 saturated carbocycles. The van der Waals surface area contributed by atoms with Crippen LogP contribution in [0.5, 0.6) is 11.5 Å². The molecular weight excluding hydrogens is 244 g/mol. The maximum absolute atomic E-state index is 12.1. The number of hydrogen-bond acceptors (Lipinski definition) is 4. The van der Waals surface area contributed by atoms with E-state index in [1.807, 2.05) is 0 Å². The molecule has 1 aliphatic carbocycles. The SMILES string of the molecule is O=C(NC1CCN(C2CC2)C1)c1cc(O)ccc1O. The summed E-state index contributed by atoms with van der Waals surface area (Å²) in [6.45, 7) is 1.91. The van der Waals surface area contributed by atoms with Crippen molar-refractivity contribution in [3.63, 3.8) is 0 Å². The van der Waals surface area contributed by atoms with Crippen molar-refractivity contribution in [2.75, 3.05) is 13.1 Å². The zero-order valence-corrected chi connectivity index (χ0v) is 10.7. The number of hydrogen-bond donors (Lipinski definition) is 3. The Labute approximate surface area is 111 Å². The van der Waals surface area contributed by atoms with Crippen molar-refractivity contribution in [3.8, 4) is 11.5 Å². The van der Waals surface area contributed by atoms with Gasteiger partial charge in [-0.2, -0.15) is 0 Å². The topological polar surface area (TPSA) is 72.8 Å². The Morgan fingerprint density at radius 1 is 1.26 bits per heavy atom. The predicted octanol–water partition coefficient (Wildman–Crippen LogP) is 1.06. The van der Waals surface area contributed by atoms with E-state index in [4.69, 9.17) is 0 Å². The summed E-state index contributed by atoms with van der Waals surface area (Å²) in [5.41, 5.74) is 0.130. The highest BCUT2D eigenvalue weighted by Crippen LogP contribution is 2.30. The second kappa shape index (κ2) is 4.74. The summed E-state index contributed by atoms with van der Waals surface area (Å²) in [7, 11) is 0. The molecule has 1 atom stereocenters. The van der Waals surface area contributed by atoms with Crippen molar-refractivity contribution < 1.29 is 15.0 Å². The monoisotopic (exact) mass is 262 g/mol. The minimum absolute atomic E-state index is 0.0195. The lowest BCUT2D eigenvalue weighted by molar-refractivity contribution is 0.0934. The van der Waals surface area contributed by atoms with Crippen molar-refractivity contribution in [1.82, 2.24) is 10.2 Å². The number of benzene rings is 1. The molecule has 102 valence electrons. The van der Waals surface area contributed by atoms with E-state index in [9.17, 15) is 15.0 Å². The van der Waals surface area contributed by atoms with Crippen molar-refractivity contribution in [2.24, 2.45) is 0 Å². The number of carbonyl (C=O) groups excluding carboxylic acids is 1. The lowest BCUT2D eigenvalue weighted by atomic mass is 10.1. The van der Waals surface area contributed by atoms with Crippen LogP contribution < -0.4 is 5.32 Å². The smallest absolute Gasteiger partial charge is 0.255 e. The lowest BCUT2D eigenvalue weighted by Crippen LogP contribution is -2.37. The van der Waals surface area contributed by atoms with Gasteiger partial charge in [-0.1, -0.05) is 0 Å². The molecule has 1 saturated heterocycles. The molecule has 1 aromatic carbocycles. The number of nitrogens with zero attached hydrogens (tertiary/aromatic N) is 1. The molecule has 0 aromatic heterocycles. The highest BCUT2D eigenvalue weighted by atomic mass is 16.3. The van der Waals surface area contributed by atoms with Gasteiger partial charge in [0.25, 0.3) is 5.91 Å². The fraction of sp³-hybridized carbons (Fsp3) is 0.500. The van der Waals surface area contributed by atoms with Gasteiger partial charge in [-0.25, -0.2) is 0 Å². The Bertz CT molecular complexity index is 499. The van der Waals surface area contributed by atoms with Gasteiger partial charge in [0.2, 0.25) is 0 Å². The van der Waals surface area contributed by atoms with Gasteiger partial charge >= 0.3 is 0 Å². The molecule has 0 spiro atoms. The minimum atomic E-state index is -0.323. The first-order valence-corrected chi connectivity index (χ1v) is 6.70. The average Bonchev–Trinajstić information content (AvgIpc) is 3.13. The number of rotatable bonds is 3. The second-order valence-corrected chi connectivity index (χ2v) is 5.39. The molecule has 1 heterocycles. The van der Waals surface area contributed by atoms with Gasteiger partial charge < -0.3 is 15.5 Å². The van der Waals surface area contributed by atoms with Crippen LogP contribution in [-0.2, 0) is 0 Å². The molecule has 2 fully saturated rings. The third kappa shape index (κ3) is 2.66. The van der Waals surface area contributed by atoms with Crippen molar-refractivity contribution in [1.29, 1.82) is 0 Å². The fourth-order valence-corrected chi connectivity index (χ4v) is 2.65. The number of phenols is 2. The van der Waals surface area contributed by atoms with E-state index < -0.39 is 0 Å². The normalized spacial score (nSPS) is 23.5. The van der Waals surface area contributed by atoms with Crippen LogP contribution in [0, 0.1) is 0 Å². The summed E-state index contributed by atoms with van der Waals surface area (Å²) in [6.07, 6.45) is 3.49. The standard InChI is InChI=1S/C14H18N2O3/c17-11-3-4-13(18)12(7-11)14(19)15-9-5-6-16(8-9)10-1-2-10/h3-4,7,9-10,17-18H,1-2,5-6,8H2,(H,15,19). The zero-order chi connectivity index (χ0) is 13.4.